The van der Waals surface area contributed by atoms with E-state index in [1.807, 2.05) is 18.3 Å². The van der Waals surface area contributed by atoms with Crippen molar-refractivity contribution in [2.24, 2.45) is 0 Å². The zero-order valence-electron chi connectivity index (χ0n) is 9.47. The molecule has 0 bridgehead atoms. The Balaban J connectivity index is 2.35. The van der Waals surface area contributed by atoms with Crippen molar-refractivity contribution in [2.45, 2.75) is 19.9 Å². The van der Waals surface area contributed by atoms with Crippen LogP contribution in [0.25, 0.3) is 5.65 Å². The van der Waals surface area contributed by atoms with E-state index >= 15 is 0 Å². The molecule has 0 unspecified atom stereocenters. The molecule has 0 amide bonds. The van der Waals surface area contributed by atoms with Crippen LogP contribution in [0.15, 0.2) is 24.5 Å². The number of anilines is 1. The van der Waals surface area contributed by atoms with Crippen LogP contribution in [0.1, 0.15) is 13.8 Å². The number of halogens is 1. The van der Waals surface area contributed by atoms with Gasteiger partial charge in [-0.15, -0.1) is 11.6 Å². The molecule has 2 heterocycles. The molecule has 0 atom stereocenters. The average molecular weight is 239 g/mol. The van der Waals surface area contributed by atoms with Crippen molar-refractivity contribution in [2.75, 3.05) is 17.3 Å². The van der Waals surface area contributed by atoms with Gasteiger partial charge < -0.3 is 4.90 Å². The molecule has 86 valence electrons. The molecule has 0 N–H and O–H groups in total. The lowest BCUT2D eigenvalue weighted by molar-refractivity contribution is 0.694. The molecule has 4 nitrogen and oxygen atoms in total. The van der Waals surface area contributed by atoms with Crippen LogP contribution < -0.4 is 4.90 Å². The molecular weight excluding hydrogens is 224 g/mol. The molecule has 0 saturated carbocycles. The number of aromatic nitrogens is 3. The highest BCUT2D eigenvalue weighted by Gasteiger charge is 2.11. The summed E-state index contributed by atoms with van der Waals surface area (Å²) in [5.41, 5.74) is 0.859. The third kappa shape index (κ3) is 2.11. The number of hydrogen-bond donors (Lipinski definition) is 0. The summed E-state index contributed by atoms with van der Waals surface area (Å²) in [4.78, 5) is 6.72. The van der Waals surface area contributed by atoms with Crippen molar-refractivity contribution in [3.63, 3.8) is 0 Å². The van der Waals surface area contributed by atoms with Crippen LogP contribution in [0.4, 0.5) is 5.82 Å². The quantitative estimate of drug-likeness (QED) is 0.766. The second kappa shape index (κ2) is 4.70. The van der Waals surface area contributed by atoms with Crippen molar-refractivity contribution in [1.82, 2.24) is 14.6 Å². The fourth-order valence-electron chi connectivity index (χ4n) is 1.69. The molecule has 2 aromatic heterocycles. The van der Waals surface area contributed by atoms with E-state index in [2.05, 4.69) is 28.8 Å². The van der Waals surface area contributed by atoms with E-state index in [1.54, 1.807) is 10.7 Å². The van der Waals surface area contributed by atoms with Gasteiger partial charge in [0, 0.05) is 30.7 Å². The number of fused-ring (bicyclic) bond motifs is 1. The lowest BCUT2D eigenvalue weighted by atomic mass is 10.3. The van der Waals surface area contributed by atoms with Gasteiger partial charge in [-0.1, -0.05) is 0 Å². The van der Waals surface area contributed by atoms with E-state index in [4.69, 9.17) is 11.6 Å². The molecule has 5 heteroatoms. The van der Waals surface area contributed by atoms with E-state index < -0.39 is 0 Å². The van der Waals surface area contributed by atoms with Gasteiger partial charge in [0.15, 0.2) is 5.65 Å². The highest BCUT2D eigenvalue weighted by atomic mass is 35.5. The maximum absolute atomic E-state index is 5.80. The van der Waals surface area contributed by atoms with Crippen LogP contribution in [0.3, 0.4) is 0 Å². The Morgan fingerprint density at radius 3 is 2.94 bits per heavy atom. The van der Waals surface area contributed by atoms with Crippen LogP contribution in [0, 0.1) is 0 Å². The van der Waals surface area contributed by atoms with Crippen LogP contribution in [-0.4, -0.2) is 33.1 Å². The first-order chi connectivity index (χ1) is 7.72. The molecule has 0 aliphatic heterocycles. The molecule has 0 saturated heterocycles. The zero-order chi connectivity index (χ0) is 11.5. The minimum Gasteiger partial charge on any atom is -0.353 e. The molecule has 2 rings (SSSR count). The van der Waals surface area contributed by atoms with Gasteiger partial charge in [0.1, 0.15) is 5.82 Å². The lowest BCUT2D eigenvalue weighted by Gasteiger charge is -2.26. The molecule has 2 aromatic rings. The summed E-state index contributed by atoms with van der Waals surface area (Å²) in [7, 11) is 0. The standard InChI is InChI=1S/C11H15ClN4/c1-9(2)15(8-5-12)10-4-7-16-11(14-10)3-6-13-16/h3-4,6-7,9H,5,8H2,1-2H3. The number of nitrogens with zero attached hydrogens (tertiary/aromatic N) is 4. The van der Waals surface area contributed by atoms with Crippen molar-refractivity contribution in [3.8, 4) is 0 Å². The maximum atomic E-state index is 5.80. The summed E-state index contributed by atoms with van der Waals surface area (Å²) in [6.07, 6.45) is 3.66. The fourth-order valence-corrected chi connectivity index (χ4v) is 1.87. The summed E-state index contributed by atoms with van der Waals surface area (Å²) in [6, 6.07) is 4.24. The molecule has 0 fully saturated rings. The Morgan fingerprint density at radius 2 is 2.25 bits per heavy atom. The molecule has 0 spiro atoms. The van der Waals surface area contributed by atoms with Crippen LogP contribution >= 0.6 is 11.6 Å². The van der Waals surface area contributed by atoms with Gasteiger partial charge in [-0.25, -0.2) is 9.50 Å². The van der Waals surface area contributed by atoms with Crippen molar-refractivity contribution >= 4 is 23.1 Å². The first kappa shape index (κ1) is 11.2. The molecule has 0 aliphatic rings. The first-order valence-corrected chi connectivity index (χ1v) is 5.89. The maximum Gasteiger partial charge on any atom is 0.157 e. The van der Waals surface area contributed by atoms with Crippen molar-refractivity contribution in [1.29, 1.82) is 0 Å². The van der Waals surface area contributed by atoms with Gasteiger partial charge in [-0.3, -0.25) is 0 Å². The van der Waals surface area contributed by atoms with Gasteiger partial charge in [0.2, 0.25) is 0 Å². The largest absolute Gasteiger partial charge is 0.353 e. The third-order valence-electron chi connectivity index (χ3n) is 2.49. The predicted octanol–water partition coefficient (Wildman–Crippen LogP) is 2.18. The number of alkyl halides is 1. The highest BCUT2D eigenvalue weighted by Crippen LogP contribution is 2.14. The van der Waals surface area contributed by atoms with Gasteiger partial charge in [-0.05, 0) is 19.9 Å². The Labute approximate surface area is 99.8 Å². The summed E-state index contributed by atoms with van der Waals surface area (Å²) in [5.74, 6) is 1.55. The SMILES string of the molecule is CC(C)N(CCCl)c1ccn2nccc2n1. The summed E-state index contributed by atoms with van der Waals surface area (Å²) in [5, 5.41) is 4.12. The minimum absolute atomic E-state index is 0.386. The number of rotatable bonds is 4. The fraction of sp³-hybridized carbons (Fsp3) is 0.455. The van der Waals surface area contributed by atoms with E-state index in [-0.39, 0.29) is 0 Å². The van der Waals surface area contributed by atoms with Crippen molar-refractivity contribution in [3.05, 3.63) is 24.5 Å². The summed E-state index contributed by atoms with van der Waals surface area (Å²) >= 11 is 5.80. The molecule has 0 aliphatic carbocycles. The van der Waals surface area contributed by atoms with E-state index in [1.165, 1.54) is 0 Å². The first-order valence-electron chi connectivity index (χ1n) is 5.35. The zero-order valence-corrected chi connectivity index (χ0v) is 10.2. The van der Waals surface area contributed by atoms with Crippen LogP contribution in [-0.2, 0) is 0 Å². The van der Waals surface area contributed by atoms with E-state index in [0.717, 1.165) is 18.0 Å². The lowest BCUT2D eigenvalue weighted by Crippen LogP contribution is -2.33. The Kier molecular flexibility index (Phi) is 3.29. The van der Waals surface area contributed by atoms with E-state index in [9.17, 15) is 0 Å². The summed E-state index contributed by atoms with van der Waals surface area (Å²) < 4.78 is 1.75. The Hall–Kier alpha value is -1.29. The Morgan fingerprint density at radius 1 is 1.44 bits per heavy atom. The smallest absolute Gasteiger partial charge is 0.157 e. The summed E-state index contributed by atoms with van der Waals surface area (Å²) in [6.45, 7) is 5.07. The molecular formula is C11H15ClN4. The second-order valence-corrected chi connectivity index (χ2v) is 4.27. The van der Waals surface area contributed by atoms with Gasteiger partial charge in [0.25, 0.3) is 0 Å². The highest BCUT2D eigenvalue weighted by molar-refractivity contribution is 6.18. The molecule has 0 aromatic carbocycles. The predicted molar refractivity (Wildman–Crippen MR) is 66.2 cm³/mol. The number of hydrogen-bond acceptors (Lipinski definition) is 3. The monoisotopic (exact) mass is 238 g/mol. The molecule has 16 heavy (non-hydrogen) atoms. The molecule has 0 radical (unpaired) electrons. The third-order valence-corrected chi connectivity index (χ3v) is 2.66. The van der Waals surface area contributed by atoms with Crippen LogP contribution in [0.2, 0.25) is 0 Å². The van der Waals surface area contributed by atoms with E-state index in [0.29, 0.717) is 11.9 Å². The van der Waals surface area contributed by atoms with Gasteiger partial charge in [-0.2, -0.15) is 5.10 Å². The topological polar surface area (TPSA) is 33.4 Å². The Bertz CT molecular complexity index is 466. The van der Waals surface area contributed by atoms with Gasteiger partial charge in [0.05, 0.1) is 6.20 Å². The average Bonchev–Trinajstić information content (AvgIpc) is 2.72. The second-order valence-electron chi connectivity index (χ2n) is 3.90. The van der Waals surface area contributed by atoms with Crippen LogP contribution in [0.5, 0.6) is 0 Å². The minimum atomic E-state index is 0.386. The van der Waals surface area contributed by atoms with Gasteiger partial charge >= 0.3 is 0 Å². The normalized spacial score (nSPS) is 11.2. The van der Waals surface area contributed by atoms with Crippen molar-refractivity contribution < 1.29 is 0 Å².